The average molecular weight is 250 g/mol. The van der Waals surface area contributed by atoms with Gasteiger partial charge in [-0.25, -0.2) is 4.79 Å². The summed E-state index contributed by atoms with van der Waals surface area (Å²) in [5.74, 6) is 0.256. The Morgan fingerprint density at radius 1 is 1.56 bits per heavy atom. The largest absolute Gasteiger partial charge is 0.492 e. The molecule has 0 unspecified atom stereocenters. The Morgan fingerprint density at radius 3 is 2.89 bits per heavy atom. The van der Waals surface area contributed by atoms with Crippen molar-refractivity contribution in [2.24, 2.45) is 0 Å². The summed E-state index contributed by atoms with van der Waals surface area (Å²) in [5, 5.41) is 6.58. The monoisotopic (exact) mass is 250 g/mol. The number of benzene rings is 1. The van der Waals surface area contributed by atoms with Crippen LogP contribution in [0.15, 0.2) is 21.5 Å². The van der Waals surface area contributed by atoms with Crippen molar-refractivity contribution in [1.29, 1.82) is 0 Å². The van der Waals surface area contributed by atoms with Gasteiger partial charge in [0.1, 0.15) is 5.75 Å². The Balaban J connectivity index is 2.54. The van der Waals surface area contributed by atoms with E-state index in [9.17, 15) is 4.79 Å². The number of aromatic nitrogens is 2. The Kier molecular flexibility index (Phi) is 3.22. The van der Waals surface area contributed by atoms with Crippen LogP contribution in [-0.2, 0) is 0 Å². The lowest BCUT2D eigenvalue weighted by atomic mass is 10.1. The predicted octanol–water partition coefficient (Wildman–Crippen LogP) is 1.05. The highest BCUT2D eigenvalue weighted by Crippen LogP contribution is 2.34. The SMILES string of the molecule is CCOc1cc(-c2noc(=O)[nH]2)cc(NC)c1N. The number of nitrogens with zero attached hydrogens (tertiary/aromatic N) is 1. The van der Waals surface area contributed by atoms with E-state index in [2.05, 4.69) is 20.0 Å². The molecule has 0 saturated carbocycles. The first-order valence-corrected chi connectivity index (χ1v) is 5.46. The van der Waals surface area contributed by atoms with Crippen molar-refractivity contribution in [3.63, 3.8) is 0 Å². The van der Waals surface area contributed by atoms with Gasteiger partial charge in [0.05, 0.1) is 18.0 Å². The summed E-state index contributed by atoms with van der Waals surface area (Å²) in [4.78, 5) is 13.4. The van der Waals surface area contributed by atoms with Crippen molar-refractivity contribution in [3.05, 3.63) is 22.7 Å². The molecule has 1 aromatic heterocycles. The number of aromatic amines is 1. The second-order valence-corrected chi connectivity index (χ2v) is 3.56. The summed E-state index contributed by atoms with van der Waals surface area (Å²) in [6.07, 6.45) is 0. The van der Waals surface area contributed by atoms with Gasteiger partial charge in [-0.3, -0.25) is 9.51 Å². The molecule has 0 aliphatic carbocycles. The Labute approximate surface area is 103 Å². The molecule has 1 aromatic carbocycles. The van der Waals surface area contributed by atoms with E-state index in [-0.39, 0.29) is 0 Å². The highest BCUT2D eigenvalue weighted by atomic mass is 16.5. The molecular weight excluding hydrogens is 236 g/mol. The van der Waals surface area contributed by atoms with Gasteiger partial charge in [0.15, 0.2) is 5.82 Å². The lowest BCUT2D eigenvalue weighted by molar-refractivity contribution is 0.342. The van der Waals surface area contributed by atoms with Crippen molar-refractivity contribution >= 4 is 11.4 Å². The zero-order valence-corrected chi connectivity index (χ0v) is 10.1. The summed E-state index contributed by atoms with van der Waals surface area (Å²) >= 11 is 0. The van der Waals surface area contributed by atoms with Gasteiger partial charge < -0.3 is 15.8 Å². The molecule has 7 nitrogen and oxygen atoms in total. The molecule has 0 bridgehead atoms. The first-order chi connectivity index (χ1) is 8.65. The summed E-state index contributed by atoms with van der Waals surface area (Å²) in [6, 6.07) is 3.46. The fourth-order valence-electron chi connectivity index (χ4n) is 1.60. The number of nitrogens with one attached hydrogen (secondary N) is 2. The number of hydrogen-bond donors (Lipinski definition) is 3. The third-order valence-corrected chi connectivity index (χ3v) is 2.42. The summed E-state index contributed by atoms with van der Waals surface area (Å²) in [5.41, 5.74) is 7.79. The van der Waals surface area contributed by atoms with Crippen LogP contribution < -0.4 is 21.5 Å². The Hall–Kier alpha value is -2.44. The van der Waals surface area contributed by atoms with Gasteiger partial charge in [-0.1, -0.05) is 5.16 Å². The molecule has 0 fully saturated rings. The topological polar surface area (TPSA) is 106 Å². The van der Waals surface area contributed by atoms with Crippen LogP contribution >= 0.6 is 0 Å². The van der Waals surface area contributed by atoms with Gasteiger partial charge in [0.25, 0.3) is 0 Å². The molecule has 0 spiro atoms. The molecule has 0 radical (unpaired) electrons. The maximum Gasteiger partial charge on any atom is 0.439 e. The Bertz CT molecular complexity index is 603. The number of hydrogen-bond acceptors (Lipinski definition) is 6. The van der Waals surface area contributed by atoms with E-state index < -0.39 is 5.76 Å². The van der Waals surface area contributed by atoms with Gasteiger partial charge in [0.2, 0.25) is 0 Å². The summed E-state index contributed by atoms with van der Waals surface area (Å²) < 4.78 is 9.90. The molecule has 0 aliphatic heterocycles. The zero-order valence-electron chi connectivity index (χ0n) is 10.1. The van der Waals surface area contributed by atoms with Gasteiger partial charge in [0, 0.05) is 12.6 Å². The van der Waals surface area contributed by atoms with E-state index in [1.807, 2.05) is 6.92 Å². The number of ether oxygens (including phenoxy) is 1. The maximum absolute atomic E-state index is 10.9. The van der Waals surface area contributed by atoms with Crippen LogP contribution in [0.25, 0.3) is 11.4 Å². The minimum atomic E-state index is -0.606. The van der Waals surface area contributed by atoms with Crippen molar-refractivity contribution in [1.82, 2.24) is 10.1 Å². The third kappa shape index (κ3) is 2.15. The predicted molar refractivity (Wildman–Crippen MR) is 67.7 cm³/mol. The second kappa shape index (κ2) is 4.82. The fraction of sp³-hybridized carbons (Fsp3) is 0.273. The second-order valence-electron chi connectivity index (χ2n) is 3.56. The lowest BCUT2D eigenvalue weighted by Gasteiger charge is -2.12. The highest BCUT2D eigenvalue weighted by molar-refractivity contribution is 5.79. The Morgan fingerprint density at radius 2 is 2.33 bits per heavy atom. The molecule has 0 saturated heterocycles. The zero-order chi connectivity index (χ0) is 13.1. The molecule has 2 aromatic rings. The number of nitrogens with two attached hydrogens (primary N) is 1. The summed E-state index contributed by atoms with van der Waals surface area (Å²) in [7, 11) is 1.75. The van der Waals surface area contributed by atoms with E-state index in [1.54, 1.807) is 19.2 Å². The van der Waals surface area contributed by atoms with E-state index in [0.717, 1.165) is 0 Å². The van der Waals surface area contributed by atoms with E-state index in [1.165, 1.54) is 0 Å². The van der Waals surface area contributed by atoms with Crippen LogP contribution in [0.3, 0.4) is 0 Å². The first kappa shape index (κ1) is 12.0. The van der Waals surface area contributed by atoms with Crippen molar-refractivity contribution in [2.75, 3.05) is 24.7 Å². The highest BCUT2D eigenvalue weighted by Gasteiger charge is 2.12. The molecule has 0 aliphatic rings. The molecule has 1 heterocycles. The minimum absolute atomic E-state index is 0.331. The molecule has 96 valence electrons. The van der Waals surface area contributed by atoms with Crippen LogP contribution in [0.1, 0.15) is 6.92 Å². The standard InChI is InChI=1S/C11H14N4O3/c1-3-17-8-5-6(4-7(13-2)9(8)12)10-14-11(16)18-15-10/h4-5,13H,3,12H2,1-2H3,(H,14,15,16). The fourth-order valence-corrected chi connectivity index (χ4v) is 1.60. The van der Waals surface area contributed by atoms with Crippen LogP contribution in [0.4, 0.5) is 11.4 Å². The average Bonchev–Trinajstić information content (AvgIpc) is 2.79. The van der Waals surface area contributed by atoms with E-state index in [4.69, 9.17) is 10.5 Å². The lowest BCUT2D eigenvalue weighted by Crippen LogP contribution is -2.02. The normalized spacial score (nSPS) is 10.3. The van der Waals surface area contributed by atoms with Gasteiger partial charge in [-0.2, -0.15) is 0 Å². The quantitative estimate of drug-likeness (QED) is 0.700. The number of H-pyrrole nitrogens is 1. The number of nitrogen functional groups attached to an aromatic ring is 1. The van der Waals surface area contributed by atoms with Crippen molar-refractivity contribution in [2.45, 2.75) is 6.92 Å². The van der Waals surface area contributed by atoms with Gasteiger partial charge in [-0.05, 0) is 19.1 Å². The smallest absolute Gasteiger partial charge is 0.439 e. The minimum Gasteiger partial charge on any atom is -0.492 e. The van der Waals surface area contributed by atoms with Crippen LogP contribution in [0.2, 0.25) is 0 Å². The third-order valence-electron chi connectivity index (χ3n) is 2.42. The maximum atomic E-state index is 10.9. The summed E-state index contributed by atoms with van der Waals surface area (Å²) in [6.45, 7) is 2.36. The first-order valence-electron chi connectivity index (χ1n) is 5.46. The van der Waals surface area contributed by atoms with Gasteiger partial charge >= 0.3 is 5.76 Å². The van der Waals surface area contributed by atoms with E-state index in [0.29, 0.717) is 35.1 Å². The van der Waals surface area contributed by atoms with Gasteiger partial charge in [-0.15, -0.1) is 0 Å². The van der Waals surface area contributed by atoms with Crippen LogP contribution in [0.5, 0.6) is 5.75 Å². The molecule has 18 heavy (non-hydrogen) atoms. The van der Waals surface area contributed by atoms with Crippen LogP contribution in [-0.4, -0.2) is 23.8 Å². The van der Waals surface area contributed by atoms with Crippen LogP contribution in [0, 0.1) is 0 Å². The van der Waals surface area contributed by atoms with E-state index >= 15 is 0 Å². The molecule has 2 rings (SSSR count). The molecular formula is C11H14N4O3. The van der Waals surface area contributed by atoms with Crippen molar-refractivity contribution in [3.8, 4) is 17.1 Å². The molecule has 7 heteroatoms. The number of anilines is 2. The molecule has 0 amide bonds. The van der Waals surface area contributed by atoms with Crippen molar-refractivity contribution < 1.29 is 9.26 Å². The molecule has 0 atom stereocenters. The molecule has 4 N–H and O–H groups in total. The number of rotatable bonds is 4.